The fraction of sp³-hybridized carbons (Fsp3) is 0.643. The molecule has 114 valence electrons. The molecule has 1 atom stereocenters. The summed E-state index contributed by atoms with van der Waals surface area (Å²) in [6.45, 7) is 3.14. The third kappa shape index (κ3) is 3.07. The minimum absolute atomic E-state index is 0.0895. The number of carbonyl (C=O) groups excluding carboxylic acids is 1. The second-order valence-electron chi connectivity index (χ2n) is 5.49. The van der Waals surface area contributed by atoms with Gasteiger partial charge in [-0.3, -0.25) is 4.79 Å². The number of nitrogens with one attached hydrogen (secondary N) is 1. The third-order valence-corrected chi connectivity index (χ3v) is 4.16. The quantitative estimate of drug-likeness (QED) is 0.800. The van der Waals surface area contributed by atoms with Crippen LogP contribution in [0.5, 0.6) is 0 Å². The van der Waals surface area contributed by atoms with Gasteiger partial charge in [0.15, 0.2) is 0 Å². The van der Waals surface area contributed by atoms with E-state index in [-0.39, 0.29) is 18.6 Å². The Kier molecular flexibility index (Phi) is 4.19. The highest BCUT2D eigenvalue weighted by molar-refractivity contribution is 5.77. The van der Waals surface area contributed by atoms with Crippen molar-refractivity contribution in [3.05, 3.63) is 12.4 Å². The van der Waals surface area contributed by atoms with E-state index in [0.29, 0.717) is 19.5 Å². The van der Waals surface area contributed by atoms with Crippen LogP contribution >= 0.6 is 0 Å². The molecule has 2 aliphatic heterocycles. The van der Waals surface area contributed by atoms with E-state index in [0.717, 1.165) is 37.6 Å². The Balaban J connectivity index is 1.78. The van der Waals surface area contributed by atoms with Crippen molar-refractivity contribution in [2.45, 2.75) is 25.3 Å². The van der Waals surface area contributed by atoms with Gasteiger partial charge in [0.05, 0.1) is 12.6 Å². The summed E-state index contributed by atoms with van der Waals surface area (Å²) in [6, 6.07) is 2.11. The fourth-order valence-electron chi connectivity index (χ4n) is 2.99. The van der Waals surface area contributed by atoms with E-state index >= 15 is 0 Å². The summed E-state index contributed by atoms with van der Waals surface area (Å²) < 4.78 is 0. The van der Waals surface area contributed by atoms with Gasteiger partial charge in [-0.15, -0.1) is 0 Å². The number of carbonyl (C=O) groups is 1. The van der Waals surface area contributed by atoms with Crippen LogP contribution in [0.2, 0.25) is 0 Å². The molecule has 2 fully saturated rings. The standard InChI is InChI=1S/C14H21N5O2/c20-9-11-2-1-5-19(11)13-8-12(16-10-17-13)18-6-3-14(21)15-4-7-18/h8,10-11,20H,1-7,9H2,(H,15,21). The lowest BCUT2D eigenvalue weighted by Crippen LogP contribution is -2.33. The van der Waals surface area contributed by atoms with Gasteiger partial charge in [-0.2, -0.15) is 0 Å². The van der Waals surface area contributed by atoms with E-state index in [1.165, 1.54) is 0 Å². The van der Waals surface area contributed by atoms with Gasteiger partial charge < -0.3 is 20.2 Å². The number of hydrogen-bond donors (Lipinski definition) is 2. The monoisotopic (exact) mass is 291 g/mol. The first-order valence-electron chi connectivity index (χ1n) is 7.49. The Morgan fingerprint density at radius 2 is 2.14 bits per heavy atom. The molecule has 0 aliphatic carbocycles. The highest BCUT2D eigenvalue weighted by Crippen LogP contribution is 2.25. The summed E-state index contributed by atoms with van der Waals surface area (Å²) in [4.78, 5) is 24.3. The molecule has 3 rings (SSSR count). The molecule has 0 radical (unpaired) electrons. The average molecular weight is 291 g/mol. The zero-order valence-electron chi connectivity index (χ0n) is 12.0. The van der Waals surface area contributed by atoms with Gasteiger partial charge in [0, 0.05) is 38.7 Å². The van der Waals surface area contributed by atoms with Crippen LogP contribution in [0.15, 0.2) is 12.4 Å². The maximum atomic E-state index is 11.4. The van der Waals surface area contributed by atoms with E-state index in [2.05, 4.69) is 25.1 Å². The van der Waals surface area contributed by atoms with Gasteiger partial charge in [-0.05, 0) is 12.8 Å². The van der Waals surface area contributed by atoms with Crippen molar-refractivity contribution < 1.29 is 9.90 Å². The smallest absolute Gasteiger partial charge is 0.221 e. The van der Waals surface area contributed by atoms with Crippen molar-refractivity contribution in [2.24, 2.45) is 0 Å². The molecule has 2 aliphatic rings. The summed E-state index contributed by atoms with van der Waals surface area (Å²) >= 11 is 0. The van der Waals surface area contributed by atoms with Gasteiger partial charge >= 0.3 is 0 Å². The minimum atomic E-state index is 0.0895. The largest absolute Gasteiger partial charge is 0.394 e. The van der Waals surface area contributed by atoms with Crippen LogP contribution in [-0.4, -0.2) is 59.8 Å². The average Bonchev–Trinajstić information content (AvgIpc) is 2.89. The van der Waals surface area contributed by atoms with Crippen molar-refractivity contribution in [2.75, 3.05) is 42.6 Å². The Bertz CT molecular complexity index is 510. The molecular weight excluding hydrogens is 270 g/mol. The lowest BCUT2D eigenvalue weighted by Gasteiger charge is -2.26. The summed E-state index contributed by atoms with van der Waals surface area (Å²) in [7, 11) is 0. The van der Waals surface area contributed by atoms with Gasteiger partial charge in [0.25, 0.3) is 0 Å². The number of rotatable bonds is 3. The molecule has 0 aromatic carbocycles. The van der Waals surface area contributed by atoms with E-state index in [9.17, 15) is 9.90 Å². The zero-order chi connectivity index (χ0) is 14.7. The van der Waals surface area contributed by atoms with Crippen LogP contribution in [0, 0.1) is 0 Å². The molecule has 1 aromatic rings. The van der Waals surface area contributed by atoms with Crippen LogP contribution in [0.25, 0.3) is 0 Å². The van der Waals surface area contributed by atoms with Gasteiger partial charge in [-0.25, -0.2) is 9.97 Å². The SMILES string of the molecule is O=C1CCN(c2cc(N3CCCC3CO)ncn2)CCN1. The molecule has 7 nitrogen and oxygen atoms in total. The summed E-state index contributed by atoms with van der Waals surface area (Å²) in [5.74, 6) is 1.80. The van der Waals surface area contributed by atoms with E-state index in [4.69, 9.17) is 0 Å². The van der Waals surface area contributed by atoms with Crippen LogP contribution in [0.3, 0.4) is 0 Å². The van der Waals surface area contributed by atoms with Crippen molar-refractivity contribution in [1.82, 2.24) is 15.3 Å². The first kappa shape index (κ1) is 14.1. The predicted octanol–water partition coefficient (Wildman–Crippen LogP) is -0.236. The number of aromatic nitrogens is 2. The molecule has 0 saturated carbocycles. The Labute approximate surface area is 124 Å². The van der Waals surface area contributed by atoms with E-state index < -0.39 is 0 Å². The molecule has 0 spiro atoms. The summed E-state index contributed by atoms with van der Waals surface area (Å²) in [5.41, 5.74) is 0. The highest BCUT2D eigenvalue weighted by atomic mass is 16.3. The van der Waals surface area contributed by atoms with Crippen molar-refractivity contribution in [3.63, 3.8) is 0 Å². The van der Waals surface area contributed by atoms with Crippen molar-refractivity contribution >= 4 is 17.5 Å². The van der Waals surface area contributed by atoms with Crippen LogP contribution in [0.4, 0.5) is 11.6 Å². The van der Waals surface area contributed by atoms with Crippen LogP contribution < -0.4 is 15.1 Å². The molecule has 3 heterocycles. The molecule has 1 amide bonds. The first-order valence-corrected chi connectivity index (χ1v) is 7.49. The topological polar surface area (TPSA) is 81.6 Å². The van der Waals surface area contributed by atoms with Gasteiger partial charge in [0.1, 0.15) is 18.0 Å². The number of aliphatic hydroxyl groups excluding tert-OH is 1. The zero-order valence-corrected chi connectivity index (χ0v) is 12.0. The first-order chi connectivity index (χ1) is 10.3. The van der Waals surface area contributed by atoms with Crippen LogP contribution in [0.1, 0.15) is 19.3 Å². The third-order valence-electron chi connectivity index (χ3n) is 4.16. The number of amides is 1. The second kappa shape index (κ2) is 6.26. The maximum absolute atomic E-state index is 11.4. The fourth-order valence-corrected chi connectivity index (χ4v) is 2.99. The molecular formula is C14H21N5O2. The molecule has 2 N–H and O–H groups in total. The summed E-state index contributed by atoms with van der Waals surface area (Å²) in [5, 5.41) is 12.3. The van der Waals surface area contributed by atoms with Crippen LogP contribution in [-0.2, 0) is 4.79 Å². The minimum Gasteiger partial charge on any atom is -0.394 e. The number of hydrogen-bond acceptors (Lipinski definition) is 6. The lowest BCUT2D eigenvalue weighted by molar-refractivity contribution is -0.120. The van der Waals surface area contributed by atoms with E-state index in [1.54, 1.807) is 6.33 Å². The van der Waals surface area contributed by atoms with Crippen molar-refractivity contribution in [3.8, 4) is 0 Å². The molecule has 2 saturated heterocycles. The number of aliphatic hydroxyl groups is 1. The Hall–Kier alpha value is -1.89. The van der Waals surface area contributed by atoms with Crippen molar-refractivity contribution in [1.29, 1.82) is 0 Å². The van der Waals surface area contributed by atoms with Gasteiger partial charge in [0.2, 0.25) is 5.91 Å². The van der Waals surface area contributed by atoms with E-state index in [1.807, 2.05) is 6.07 Å². The molecule has 1 unspecified atom stereocenters. The maximum Gasteiger partial charge on any atom is 0.221 e. The number of nitrogens with zero attached hydrogens (tertiary/aromatic N) is 4. The highest BCUT2D eigenvalue weighted by Gasteiger charge is 2.25. The molecule has 0 bridgehead atoms. The molecule has 7 heteroatoms. The molecule has 1 aromatic heterocycles. The lowest BCUT2D eigenvalue weighted by atomic mass is 10.2. The Morgan fingerprint density at radius 1 is 1.29 bits per heavy atom. The number of anilines is 2. The Morgan fingerprint density at radius 3 is 3.00 bits per heavy atom. The predicted molar refractivity (Wildman–Crippen MR) is 79.3 cm³/mol. The van der Waals surface area contributed by atoms with Gasteiger partial charge in [-0.1, -0.05) is 0 Å². The normalized spacial score (nSPS) is 23.1. The summed E-state index contributed by atoms with van der Waals surface area (Å²) in [6.07, 6.45) is 4.13. The second-order valence-corrected chi connectivity index (χ2v) is 5.49. The molecule has 21 heavy (non-hydrogen) atoms.